The first kappa shape index (κ1) is 24.4. The number of rotatable bonds is 9. The number of carbonyl (C=O) groups is 2. The van der Waals surface area contributed by atoms with E-state index in [-0.39, 0.29) is 29.4 Å². The lowest BCUT2D eigenvalue weighted by atomic mass is 10.1. The van der Waals surface area contributed by atoms with Gasteiger partial charge in [0.05, 0.1) is 11.5 Å². The van der Waals surface area contributed by atoms with Crippen molar-refractivity contribution in [3.05, 3.63) is 54.1 Å². The van der Waals surface area contributed by atoms with Crippen LogP contribution in [0, 0.1) is 0 Å². The third-order valence-electron chi connectivity index (χ3n) is 5.12. The molecule has 33 heavy (non-hydrogen) atoms. The predicted octanol–water partition coefficient (Wildman–Crippen LogP) is 3.94. The van der Waals surface area contributed by atoms with E-state index in [4.69, 9.17) is 4.74 Å². The number of nitrogens with zero attached hydrogens (tertiary/aromatic N) is 1. The van der Waals surface area contributed by atoms with Gasteiger partial charge in [-0.3, -0.25) is 19.3 Å². The highest BCUT2D eigenvalue weighted by Gasteiger charge is 2.18. The molecule has 2 aromatic rings. The average Bonchev–Trinajstić information content (AvgIpc) is 3.06. The molecule has 0 atom stereocenters. The summed E-state index contributed by atoms with van der Waals surface area (Å²) in [6, 6.07) is 12.8. The van der Waals surface area contributed by atoms with Gasteiger partial charge in [0.1, 0.15) is 11.6 Å². The lowest BCUT2D eigenvalue weighted by molar-refractivity contribution is -0.116. The molecule has 0 spiro atoms. The Morgan fingerprint density at radius 1 is 1.03 bits per heavy atom. The van der Waals surface area contributed by atoms with Crippen molar-refractivity contribution in [2.24, 2.45) is 4.99 Å². The molecule has 176 valence electrons. The third-order valence-corrected chi connectivity index (χ3v) is 6.50. The van der Waals surface area contributed by atoms with Crippen molar-refractivity contribution in [1.29, 1.82) is 0 Å². The molecule has 1 aliphatic heterocycles. The minimum absolute atomic E-state index is 0.0158. The third kappa shape index (κ3) is 7.42. The number of carbonyl (C=O) groups excluding carboxylic acids is 2. The zero-order valence-corrected chi connectivity index (χ0v) is 19.5. The monoisotopic (exact) mass is 471 g/mol. The molecule has 1 aliphatic rings. The van der Waals surface area contributed by atoms with Crippen molar-refractivity contribution in [2.45, 2.75) is 50.3 Å². The van der Waals surface area contributed by atoms with Gasteiger partial charge < -0.3 is 10.1 Å². The maximum absolute atomic E-state index is 12.7. The Balaban J connectivity index is 1.56. The molecular weight excluding hydrogens is 442 g/mol. The lowest BCUT2D eigenvalue weighted by Gasteiger charge is -2.11. The van der Waals surface area contributed by atoms with Gasteiger partial charge in [0.15, 0.2) is 5.78 Å². The van der Waals surface area contributed by atoms with Gasteiger partial charge in [0.25, 0.3) is 10.0 Å². The van der Waals surface area contributed by atoms with Gasteiger partial charge >= 0.3 is 0 Å². The zero-order valence-electron chi connectivity index (χ0n) is 18.7. The van der Waals surface area contributed by atoms with E-state index in [1.54, 1.807) is 36.4 Å². The van der Waals surface area contributed by atoms with Crippen molar-refractivity contribution in [2.75, 3.05) is 18.5 Å². The molecule has 0 radical (unpaired) electrons. The molecule has 0 bridgehead atoms. The molecule has 1 amide bonds. The van der Waals surface area contributed by atoms with E-state index in [1.807, 2.05) is 6.92 Å². The number of Topliss-reactive ketones (excluding diaryl/α,β-unsaturated/α-hetero) is 1. The molecule has 0 aliphatic carbocycles. The van der Waals surface area contributed by atoms with Gasteiger partial charge in [0, 0.05) is 37.1 Å². The van der Waals surface area contributed by atoms with Crippen molar-refractivity contribution >= 4 is 33.2 Å². The summed E-state index contributed by atoms with van der Waals surface area (Å²) in [6.07, 6.45) is 3.49. The molecular formula is C24H29N3O5S. The molecule has 8 nitrogen and oxygen atoms in total. The van der Waals surface area contributed by atoms with Gasteiger partial charge in [-0.25, -0.2) is 8.42 Å². The number of hydrogen-bond donors (Lipinski definition) is 2. The number of ether oxygens (including phenoxy) is 1. The standard InChI is InChI=1S/C24H29N3O5S/c1-2-32-20-12-10-18(11-13-20)22(28)14-15-24(29)26-19-7-6-8-21(17-19)33(30,31)27-23-9-4-3-5-16-25-23/h6-8,10-13,17H,2-5,9,14-16H2,1H3,(H,25,27)(H,26,29). The highest BCUT2D eigenvalue weighted by atomic mass is 32.2. The summed E-state index contributed by atoms with van der Waals surface area (Å²) in [5.41, 5.74) is 0.853. The molecule has 0 fully saturated rings. The zero-order chi connectivity index (χ0) is 23.7. The number of amides is 1. The summed E-state index contributed by atoms with van der Waals surface area (Å²) in [5, 5.41) is 2.67. The Morgan fingerprint density at radius 2 is 1.82 bits per heavy atom. The first-order valence-electron chi connectivity index (χ1n) is 11.1. The Kier molecular flexibility index (Phi) is 8.59. The quantitative estimate of drug-likeness (QED) is 0.538. The number of hydrogen-bond acceptors (Lipinski definition) is 6. The maximum Gasteiger partial charge on any atom is 0.262 e. The van der Waals surface area contributed by atoms with E-state index in [0.29, 0.717) is 42.4 Å². The normalized spacial score (nSPS) is 14.0. The summed E-state index contributed by atoms with van der Waals surface area (Å²) in [6.45, 7) is 3.04. The van der Waals surface area contributed by atoms with Crippen LogP contribution in [0.5, 0.6) is 5.75 Å². The molecule has 0 saturated carbocycles. The Hall–Kier alpha value is -3.20. The van der Waals surface area contributed by atoms with Crippen molar-refractivity contribution in [1.82, 2.24) is 4.72 Å². The van der Waals surface area contributed by atoms with Crippen LogP contribution in [0.25, 0.3) is 0 Å². The molecule has 0 aromatic heterocycles. The number of aliphatic imine (C=N–C) groups is 1. The predicted molar refractivity (Wildman–Crippen MR) is 127 cm³/mol. The van der Waals surface area contributed by atoms with Crippen molar-refractivity contribution in [3.8, 4) is 5.75 Å². The van der Waals surface area contributed by atoms with Crippen LogP contribution in [0.1, 0.15) is 55.8 Å². The van der Waals surface area contributed by atoms with E-state index in [9.17, 15) is 18.0 Å². The number of ketones is 1. The van der Waals surface area contributed by atoms with Crippen molar-refractivity contribution in [3.63, 3.8) is 0 Å². The largest absolute Gasteiger partial charge is 0.494 e. The van der Waals surface area contributed by atoms with Gasteiger partial charge in [-0.15, -0.1) is 0 Å². The van der Waals surface area contributed by atoms with Crippen LogP contribution in [-0.2, 0) is 14.8 Å². The second kappa shape index (κ2) is 11.6. The number of benzene rings is 2. The summed E-state index contributed by atoms with van der Waals surface area (Å²) in [7, 11) is -3.80. The molecule has 3 rings (SSSR count). The van der Waals surface area contributed by atoms with Crippen LogP contribution in [-0.4, -0.2) is 39.1 Å². The minimum atomic E-state index is -3.80. The molecule has 0 unspecified atom stereocenters. The number of amidine groups is 1. The van der Waals surface area contributed by atoms with Crippen LogP contribution >= 0.6 is 0 Å². The van der Waals surface area contributed by atoms with Gasteiger partial charge in [0.2, 0.25) is 5.91 Å². The van der Waals surface area contributed by atoms with E-state index >= 15 is 0 Å². The molecule has 1 heterocycles. The maximum atomic E-state index is 12.7. The molecule has 9 heteroatoms. The fraction of sp³-hybridized carbons (Fsp3) is 0.375. The SMILES string of the molecule is CCOc1ccc(C(=O)CCC(=O)Nc2cccc(S(=O)(=O)NC3=NCCCCC3)c2)cc1. The van der Waals surface area contributed by atoms with Gasteiger partial charge in [-0.05, 0) is 62.2 Å². The smallest absolute Gasteiger partial charge is 0.262 e. The lowest BCUT2D eigenvalue weighted by Crippen LogP contribution is -2.30. The fourth-order valence-electron chi connectivity index (χ4n) is 3.41. The van der Waals surface area contributed by atoms with E-state index in [1.165, 1.54) is 12.1 Å². The van der Waals surface area contributed by atoms with Gasteiger partial charge in [-0.2, -0.15) is 0 Å². The van der Waals surface area contributed by atoms with E-state index < -0.39 is 10.0 Å². The highest BCUT2D eigenvalue weighted by molar-refractivity contribution is 7.90. The summed E-state index contributed by atoms with van der Waals surface area (Å²) >= 11 is 0. The summed E-state index contributed by atoms with van der Waals surface area (Å²) < 4.78 is 33.4. The molecule has 2 N–H and O–H groups in total. The van der Waals surface area contributed by atoms with Crippen LogP contribution in [0.2, 0.25) is 0 Å². The van der Waals surface area contributed by atoms with E-state index in [0.717, 1.165) is 19.3 Å². The van der Waals surface area contributed by atoms with Crippen molar-refractivity contribution < 1.29 is 22.7 Å². The summed E-state index contributed by atoms with van der Waals surface area (Å²) in [5.74, 6) is 0.625. The Morgan fingerprint density at radius 3 is 2.58 bits per heavy atom. The highest BCUT2D eigenvalue weighted by Crippen LogP contribution is 2.18. The second-order valence-corrected chi connectivity index (χ2v) is 9.38. The minimum Gasteiger partial charge on any atom is -0.494 e. The number of anilines is 1. The molecule has 0 saturated heterocycles. The Labute approximate surface area is 194 Å². The second-order valence-electron chi connectivity index (χ2n) is 7.70. The van der Waals surface area contributed by atoms with E-state index in [2.05, 4.69) is 15.0 Å². The first-order chi connectivity index (χ1) is 15.9. The summed E-state index contributed by atoms with van der Waals surface area (Å²) in [4.78, 5) is 29.0. The molecule has 2 aromatic carbocycles. The van der Waals surface area contributed by atoms with Crippen LogP contribution in [0.3, 0.4) is 0 Å². The number of sulfonamides is 1. The fourth-order valence-corrected chi connectivity index (χ4v) is 4.55. The van der Waals surface area contributed by atoms with Crippen LogP contribution < -0.4 is 14.8 Å². The Bertz CT molecular complexity index is 1110. The van der Waals surface area contributed by atoms with Crippen LogP contribution in [0.4, 0.5) is 5.69 Å². The van der Waals surface area contributed by atoms with Crippen LogP contribution in [0.15, 0.2) is 58.4 Å². The number of nitrogens with one attached hydrogen (secondary N) is 2. The topological polar surface area (TPSA) is 114 Å². The average molecular weight is 472 g/mol. The first-order valence-corrected chi connectivity index (χ1v) is 12.6. The van der Waals surface area contributed by atoms with Gasteiger partial charge in [-0.1, -0.05) is 12.5 Å².